The van der Waals surface area contributed by atoms with E-state index in [-0.39, 0.29) is 17.5 Å². The quantitative estimate of drug-likeness (QED) is 0.175. The normalized spacial score (nSPS) is 19.3. The van der Waals surface area contributed by atoms with E-state index in [0.29, 0.717) is 11.6 Å². The zero-order chi connectivity index (χ0) is 26.4. The van der Waals surface area contributed by atoms with E-state index in [2.05, 4.69) is 53.1 Å². The van der Waals surface area contributed by atoms with Gasteiger partial charge in [-0.05, 0) is 52.4 Å². The maximum atomic E-state index is 12.9. The molecule has 0 saturated heterocycles. The molecule has 0 fully saturated rings. The molecule has 0 spiro atoms. The number of fused-ring (bicyclic) bond motifs is 5. The third-order valence-electron chi connectivity index (χ3n) is 7.35. The fourth-order valence-electron chi connectivity index (χ4n) is 5.66. The Hall–Kier alpha value is -5.05. The van der Waals surface area contributed by atoms with Crippen molar-refractivity contribution in [3.63, 3.8) is 0 Å². The summed E-state index contributed by atoms with van der Waals surface area (Å²) in [6, 6.07) is 23.0. The Kier molecular flexibility index (Phi) is 5.60. The summed E-state index contributed by atoms with van der Waals surface area (Å²) in [6.45, 7) is 0. The minimum Gasteiger partial charge on any atom is -0.378 e. The molecule has 0 unspecified atom stereocenters. The van der Waals surface area contributed by atoms with Gasteiger partial charge in [-0.25, -0.2) is 0 Å². The van der Waals surface area contributed by atoms with Gasteiger partial charge in [0.15, 0.2) is 0 Å². The molecule has 6 rings (SSSR count). The SMILES string of the molecule is O=C(Nc1cccc([C@@H]2Nc3ccc4ccccc4c3[C@H]3C=CC[C@H]32)c1)c1cc([N+](=O)[O-])cc([N+](=O)[O-])c1. The number of nitrogens with zero attached hydrogens (tertiary/aromatic N) is 2. The third-order valence-corrected chi connectivity index (χ3v) is 7.35. The second kappa shape index (κ2) is 9.11. The summed E-state index contributed by atoms with van der Waals surface area (Å²) in [5, 5.41) is 31.4. The predicted octanol–water partition coefficient (Wildman–Crippen LogP) is 6.74. The van der Waals surface area contributed by atoms with Crippen molar-refractivity contribution in [3.05, 3.63) is 128 Å². The molecule has 38 heavy (non-hydrogen) atoms. The second-order valence-corrected chi connectivity index (χ2v) is 9.56. The first-order chi connectivity index (χ1) is 18.4. The highest BCUT2D eigenvalue weighted by Crippen LogP contribution is 2.51. The molecular formula is C29H22N4O5. The lowest BCUT2D eigenvalue weighted by atomic mass is 9.75. The Balaban J connectivity index is 1.31. The zero-order valence-corrected chi connectivity index (χ0v) is 20.0. The maximum absolute atomic E-state index is 12.9. The van der Waals surface area contributed by atoms with Crippen molar-refractivity contribution in [2.24, 2.45) is 5.92 Å². The Labute approximate surface area is 217 Å². The maximum Gasteiger partial charge on any atom is 0.277 e. The van der Waals surface area contributed by atoms with Gasteiger partial charge in [-0.2, -0.15) is 0 Å². The first kappa shape index (κ1) is 23.4. The van der Waals surface area contributed by atoms with Crippen molar-refractivity contribution in [3.8, 4) is 0 Å². The monoisotopic (exact) mass is 506 g/mol. The summed E-state index contributed by atoms with van der Waals surface area (Å²) in [4.78, 5) is 33.9. The number of rotatable bonds is 5. The van der Waals surface area contributed by atoms with Crippen LogP contribution in [0.4, 0.5) is 22.7 Å². The highest BCUT2D eigenvalue weighted by molar-refractivity contribution is 6.05. The number of allylic oxidation sites excluding steroid dienone is 2. The summed E-state index contributed by atoms with van der Waals surface area (Å²) in [6.07, 6.45) is 5.42. The molecule has 0 bridgehead atoms. The number of hydrogen-bond donors (Lipinski definition) is 2. The summed E-state index contributed by atoms with van der Waals surface area (Å²) < 4.78 is 0. The Morgan fingerprint density at radius 3 is 2.42 bits per heavy atom. The van der Waals surface area contributed by atoms with E-state index in [4.69, 9.17) is 0 Å². The van der Waals surface area contributed by atoms with E-state index in [0.717, 1.165) is 35.9 Å². The van der Waals surface area contributed by atoms with Crippen molar-refractivity contribution in [2.45, 2.75) is 18.4 Å². The minimum absolute atomic E-state index is 0.000542. The topological polar surface area (TPSA) is 127 Å². The first-order valence-corrected chi connectivity index (χ1v) is 12.2. The molecule has 188 valence electrons. The molecular weight excluding hydrogens is 484 g/mol. The average Bonchev–Trinajstić information content (AvgIpc) is 3.42. The summed E-state index contributed by atoms with van der Waals surface area (Å²) in [7, 11) is 0. The van der Waals surface area contributed by atoms with E-state index in [1.807, 2.05) is 24.3 Å². The van der Waals surface area contributed by atoms with Crippen LogP contribution in [0.5, 0.6) is 0 Å². The van der Waals surface area contributed by atoms with Crippen molar-refractivity contribution in [2.75, 3.05) is 10.6 Å². The van der Waals surface area contributed by atoms with Gasteiger partial charge in [-0.15, -0.1) is 0 Å². The summed E-state index contributed by atoms with van der Waals surface area (Å²) in [5.41, 5.74) is 2.68. The van der Waals surface area contributed by atoms with E-state index >= 15 is 0 Å². The van der Waals surface area contributed by atoms with E-state index in [9.17, 15) is 25.0 Å². The van der Waals surface area contributed by atoms with Crippen LogP contribution in [0.1, 0.15) is 39.9 Å². The number of amides is 1. The number of nitrogens with one attached hydrogen (secondary N) is 2. The van der Waals surface area contributed by atoms with Crippen LogP contribution in [0.2, 0.25) is 0 Å². The standard InChI is InChI=1S/C29H22N4O5/c34-29(19-14-21(32(35)36)16-22(15-19)33(37)38)30-20-7-3-6-18(13-20)28-25-10-4-9-24(25)27-23-8-2-1-5-17(23)11-12-26(27)31-28/h1-9,11-16,24-25,28,31H,10H2,(H,30,34)/t24-,25+,28-/m0/s1. The average molecular weight is 507 g/mol. The van der Waals surface area contributed by atoms with Gasteiger partial charge in [0.2, 0.25) is 0 Å². The van der Waals surface area contributed by atoms with Gasteiger partial charge in [-0.1, -0.05) is 54.6 Å². The van der Waals surface area contributed by atoms with E-state index < -0.39 is 27.1 Å². The van der Waals surface area contributed by atoms with Crippen LogP contribution in [0.15, 0.2) is 91.0 Å². The number of carbonyl (C=O) groups is 1. The van der Waals surface area contributed by atoms with Crippen molar-refractivity contribution in [1.82, 2.24) is 0 Å². The van der Waals surface area contributed by atoms with Crippen LogP contribution < -0.4 is 10.6 Å². The molecule has 9 heteroatoms. The van der Waals surface area contributed by atoms with Crippen LogP contribution in [0, 0.1) is 26.1 Å². The molecule has 2 N–H and O–H groups in total. The molecule has 1 aliphatic carbocycles. The Morgan fingerprint density at radius 1 is 0.895 bits per heavy atom. The highest BCUT2D eigenvalue weighted by Gasteiger charge is 2.38. The van der Waals surface area contributed by atoms with Gasteiger partial charge < -0.3 is 10.6 Å². The van der Waals surface area contributed by atoms with Gasteiger partial charge >= 0.3 is 0 Å². The number of anilines is 2. The smallest absolute Gasteiger partial charge is 0.277 e. The number of hydrogen-bond acceptors (Lipinski definition) is 6. The lowest BCUT2D eigenvalue weighted by Crippen LogP contribution is -2.29. The minimum atomic E-state index is -0.758. The van der Waals surface area contributed by atoms with Gasteiger partial charge in [0.1, 0.15) is 0 Å². The zero-order valence-electron chi connectivity index (χ0n) is 20.0. The molecule has 0 aromatic heterocycles. The van der Waals surface area contributed by atoms with Crippen LogP contribution in [-0.4, -0.2) is 15.8 Å². The van der Waals surface area contributed by atoms with E-state index in [1.165, 1.54) is 16.3 Å². The molecule has 0 radical (unpaired) electrons. The molecule has 1 aliphatic heterocycles. The number of nitro benzene ring substituents is 2. The molecule has 4 aromatic carbocycles. The Morgan fingerprint density at radius 2 is 1.66 bits per heavy atom. The van der Waals surface area contributed by atoms with Gasteiger partial charge in [0, 0.05) is 29.4 Å². The van der Waals surface area contributed by atoms with Crippen molar-refractivity contribution >= 4 is 39.4 Å². The van der Waals surface area contributed by atoms with E-state index in [1.54, 1.807) is 6.07 Å². The van der Waals surface area contributed by atoms with Gasteiger partial charge in [0.05, 0.1) is 27.5 Å². The van der Waals surface area contributed by atoms with Crippen LogP contribution in [-0.2, 0) is 0 Å². The predicted molar refractivity (Wildman–Crippen MR) is 144 cm³/mol. The highest BCUT2D eigenvalue weighted by atomic mass is 16.6. The van der Waals surface area contributed by atoms with Crippen molar-refractivity contribution < 1.29 is 14.6 Å². The third kappa shape index (κ3) is 4.03. The van der Waals surface area contributed by atoms with Crippen LogP contribution >= 0.6 is 0 Å². The summed E-state index contributed by atoms with van der Waals surface area (Å²) >= 11 is 0. The molecule has 4 aromatic rings. The fourth-order valence-corrected chi connectivity index (χ4v) is 5.66. The molecule has 1 amide bonds. The lowest BCUT2D eigenvalue weighted by molar-refractivity contribution is -0.394. The molecule has 3 atom stereocenters. The number of carbonyl (C=O) groups excluding carboxylic acids is 1. The first-order valence-electron chi connectivity index (χ1n) is 12.2. The number of benzene rings is 4. The Bertz CT molecular complexity index is 1630. The molecule has 2 aliphatic rings. The molecule has 1 heterocycles. The van der Waals surface area contributed by atoms with Gasteiger partial charge in [-0.3, -0.25) is 25.0 Å². The van der Waals surface area contributed by atoms with Crippen LogP contribution in [0.25, 0.3) is 10.8 Å². The molecule has 9 nitrogen and oxygen atoms in total. The summed E-state index contributed by atoms with van der Waals surface area (Å²) in [5.74, 6) is -0.118. The lowest BCUT2D eigenvalue weighted by Gasteiger charge is -2.38. The fraction of sp³-hybridized carbons (Fsp3) is 0.138. The molecule has 0 saturated carbocycles. The second-order valence-electron chi connectivity index (χ2n) is 9.56. The van der Waals surface area contributed by atoms with Gasteiger partial charge in [0.25, 0.3) is 17.3 Å². The van der Waals surface area contributed by atoms with Crippen LogP contribution in [0.3, 0.4) is 0 Å². The number of nitro groups is 2. The van der Waals surface area contributed by atoms with Crippen molar-refractivity contribution in [1.29, 1.82) is 0 Å². The number of non-ortho nitro benzene ring substituents is 2. The largest absolute Gasteiger partial charge is 0.378 e.